The van der Waals surface area contributed by atoms with Crippen molar-refractivity contribution in [1.82, 2.24) is 0 Å². The summed E-state index contributed by atoms with van der Waals surface area (Å²) in [6, 6.07) is 0. The van der Waals surface area contributed by atoms with Crippen LogP contribution in [0.1, 0.15) is 1.43 Å². The molecule has 0 saturated carbocycles. The van der Waals surface area contributed by atoms with E-state index in [9.17, 15) is 0 Å². The second kappa shape index (κ2) is 22.9. The van der Waals surface area contributed by atoms with Crippen molar-refractivity contribution in [2.24, 2.45) is 5.90 Å². The van der Waals surface area contributed by atoms with Crippen molar-refractivity contribution in [3.8, 4) is 0 Å². The zero-order chi connectivity index (χ0) is 6.83. The summed E-state index contributed by atoms with van der Waals surface area (Å²) in [6.07, 6.45) is 4.12. The van der Waals surface area contributed by atoms with Gasteiger partial charge in [-0.15, -0.1) is 0 Å². The van der Waals surface area contributed by atoms with E-state index in [1.54, 1.807) is 21.6 Å². The molecule has 0 atom stereocenters. The SMILES string of the molecule is CSSC.NOC=O.[H-].[Na+]. The molecule has 0 aliphatic heterocycles. The van der Waals surface area contributed by atoms with E-state index < -0.39 is 0 Å². The molecule has 9 heavy (non-hydrogen) atoms. The number of carbonyl (C=O) groups excluding carboxylic acids is 1. The van der Waals surface area contributed by atoms with Crippen LogP contribution < -0.4 is 35.5 Å². The summed E-state index contributed by atoms with van der Waals surface area (Å²) in [5, 5.41) is 0. The number of carbonyl (C=O) groups is 1. The topological polar surface area (TPSA) is 52.3 Å². The van der Waals surface area contributed by atoms with Gasteiger partial charge in [-0.1, -0.05) is 21.6 Å². The Balaban J connectivity index is -0.0000000300. The molecule has 6 heteroatoms. The van der Waals surface area contributed by atoms with E-state index in [1.165, 1.54) is 0 Å². The van der Waals surface area contributed by atoms with Crippen molar-refractivity contribution in [2.75, 3.05) is 12.5 Å². The third-order valence-electron chi connectivity index (χ3n) is 0.222. The fourth-order valence-electron chi connectivity index (χ4n) is 0. The molecule has 0 saturated heterocycles. The van der Waals surface area contributed by atoms with Crippen LogP contribution in [0.3, 0.4) is 0 Å². The largest absolute Gasteiger partial charge is 1.00 e. The van der Waals surface area contributed by atoms with Crippen LogP contribution in [0.5, 0.6) is 0 Å². The molecule has 0 amide bonds. The second-order valence-electron chi connectivity index (χ2n) is 0.566. The van der Waals surface area contributed by atoms with E-state index in [1.807, 2.05) is 0 Å². The summed E-state index contributed by atoms with van der Waals surface area (Å²) < 4.78 is 0. The number of hydrogen-bond donors (Lipinski definition) is 1. The van der Waals surface area contributed by atoms with Crippen LogP contribution in [0.15, 0.2) is 0 Å². The van der Waals surface area contributed by atoms with Gasteiger partial charge in [-0.2, -0.15) is 5.90 Å². The molecule has 52 valence electrons. The minimum atomic E-state index is 0. The van der Waals surface area contributed by atoms with Gasteiger partial charge < -0.3 is 6.26 Å². The summed E-state index contributed by atoms with van der Waals surface area (Å²) in [7, 11) is 3.55. The molecule has 0 rings (SSSR count). The molecule has 0 spiro atoms. The van der Waals surface area contributed by atoms with Crippen molar-refractivity contribution in [2.45, 2.75) is 0 Å². The van der Waals surface area contributed by atoms with Crippen LogP contribution in [-0.4, -0.2) is 19.0 Å². The molecule has 0 aliphatic carbocycles. The first kappa shape index (κ1) is 16.6. The maximum absolute atomic E-state index is 8.83. The van der Waals surface area contributed by atoms with Gasteiger partial charge in [0.2, 0.25) is 0 Å². The first-order valence-electron chi connectivity index (χ1n) is 1.69. The van der Waals surface area contributed by atoms with E-state index >= 15 is 0 Å². The van der Waals surface area contributed by atoms with Crippen molar-refractivity contribution in [3.63, 3.8) is 0 Å². The predicted octanol–water partition coefficient (Wildman–Crippen LogP) is -2.22. The van der Waals surface area contributed by atoms with Gasteiger partial charge in [0.1, 0.15) is 0 Å². The second-order valence-corrected chi connectivity index (χ2v) is 3.23. The van der Waals surface area contributed by atoms with Crippen LogP contribution in [0.4, 0.5) is 0 Å². The van der Waals surface area contributed by atoms with E-state index in [0.717, 1.165) is 0 Å². The Kier molecular flexibility index (Phi) is 42.3. The maximum Gasteiger partial charge on any atom is 1.00 e. The van der Waals surface area contributed by atoms with Crippen molar-refractivity contribution >= 4 is 28.1 Å². The Bertz CT molecular complexity index is 51.5. The van der Waals surface area contributed by atoms with Gasteiger partial charge in [-0.25, -0.2) is 0 Å². The molecular weight excluding hydrogens is 169 g/mol. The molecule has 3 nitrogen and oxygen atoms in total. The zero-order valence-corrected chi connectivity index (χ0v) is 9.42. The standard InChI is InChI=1S/C2H6S2.CH3NO2.Na.H/c1-3-4-2;2-4-1-3;;/h1-2H3;1H,2H2;;/q;;+1;-1. The van der Waals surface area contributed by atoms with Gasteiger partial charge in [-0.05, 0) is 12.5 Å². The summed E-state index contributed by atoms with van der Waals surface area (Å²) in [5.41, 5.74) is 0. The average Bonchev–Trinajstić information content (AvgIpc) is 1.88. The number of hydrogen-bond acceptors (Lipinski definition) is 5. The molecule has 0 aromatic carbocycles. The molecule has 0 unspecified atom stereocenters. The van der Waals surface area contributed by atoms with Gasteiger partial charge in [0.25, 0.3) is 0 Å². The Morgan fingerprint density at radius 2 is 1.78 bits per heavy atom. The molecule has 2 N–H and O–H groups in total. The van der Waals surface area contributed by atoms with Gasteiger partial charge in [0.15, 0.2) is 0 Å². The van der Waals surface area contributed by atoms with Crippen LogP contribution in [0, 0.1) is 0 Å². The van der Waals surface area contributed by atoms with E-state index in [0.29, 0.717) is 0 Å². The van der Waals surface area contributed by atoms with Gasteiger partial charge in [-0.3, -0.25) is 4.79 Å². The molecule has 0 heterocycles. The van der Waals surface area contributed by atoms with Gasteiger partial charge in [0, 0.05) is 0 Å². The molecule has 0 aromatic rings. The molecule has 0 aromatic heterocycles. The predicted molar refractivity (Wildman–Crippen MR) is 39.5 cm³/mol. The molecule has 0 bridgehead atoms. The summed E-state index contributed by atoms with van der Waals surface area (Å²) in [6.45, 7) is 0.153. The fraction of sp³-hybridized carbons (Fsp3) is 0.667. The van der Waals surface area contributed by atoms with Crippen molar-refractivity contribution < 1.29 is 40.6 Å². The van der Waals surface area contributed by atoms with Crippen LogP contribution in [0.25, 0.3) is 0 Å². The van der Waals surface area contributed by atoms with E-state index in [-0.39, 0.29) is 37.5 Å². The fourth-order valence-corrected chi connectivity index (χ4v) is 0. The Labute approximate surface area is 86.6 Å². The third kappa shape index (κ3) is 47.4. The normalized spacial score (nSPS) is 5.67. The molecule has 0 radical (unpaired) electrons. The van der Waals surface area contributed by atoms with Crippen molar-refractivity contribution in [1.29, 1.82) is 0 Å². The first-order chi connectivity index (χ1) is 3.83. The summed E-state index contributed by atoms with van der Waals surface area (Å²) in [4.78, 5) is 12.2. The minimum absolute atomic E-state index is 0. The minimum Gasteiger partial charge on any atom is -1.00 e. The maximum atomic E-state index is 8.83. The van der Waals surface area contributed by atoms with Crippen LogP contribution >= 0.6 is 21.6 Å². The molecule has 0 fully saturated rings. The van der Waals surface area contributed by atoms with Crippen LogP contribution in [-0.2, 0) is 9.63 Å². The first-order valence-corrected chi connectivity index (χ1v) is 4.66. The number of nitrogens with two attached hydrogens (primary N) is 1. The average molecular weight is 179 g/mol. The Morgan fingerprint density at radius 3 is 1.78 bits per heavy atom. The zero-order valence-electron chi connectivity index (χ0n) is 6.79. The monoisotopic (exact) mass is 179 g/mol. The number of rotatable bonds is 2. The summed E-state index contributed by atoms with van der Waals surface area (Å²) >= 11 is 0. The van der Waals surface area contributed by atoms with E-state index in [2.05, 4.69) is 23.2 Å². The van der Waals surface area contributed by atoms with Gasteiger partial charge >= 0.3 is 36.0 Å². The third-order valence-corrected chi connectivity index (χ3v) is 1.56. The van der Waals surface area contributed by atoms with Gasteiger partial charge in [0.05, 0.1) is 0 Å². The quantitative estimate of drug-likeness (QED) is 0.225. The molecule has 0 aliphatic rings. The summed E-state index contributed by atoms with van der Waals surface area (Å²) in [5.74, 6) is 4.16. The van der Waals surface area contributed by atoms with Crippen LogP contribution in [0.2, 0.25) is 0 Å². The van der Waals surface area contributed by atoms with E-state index in [4.69, 9.17) is 4.79 Å². The molecular formula is C3H10NNaO2S2. The Hall–Kier alpha value is 1.13. The smallest absolute Gasteiger partial charge is 1.00 e. The van der Waals surface area contributed by atoms with Crippen molar-refractivity contribution in [3.05, 3.63) is 0 Å². The Morgan fingerprint density at radius 1 is 1.56 bits per heavy atom.